The Kier molecular flexibility index (Phi) is 3.39. The number of carbonyl (C=O) groups is 1. The van der Waals surface area contributed by atoms with Crippen LogP contribution in [0, 0.1) is 0 Å². The Hall–Kier alpha value is 0.330. The molecule has 0 aromatic heterocycles. The highest BCUT2D eigenvalue weighted by Crippen LogP contribution is 2.44. The summed E-state index contributed by atoms with van der Waals surface area (Å²) >= 11 is 10.5. The maximum Gasteiger partial charge on any atom is 0.190 e. The lowest BCUT2D eigenvalue weighted by Crippen LogP contribution is -2.23. The zero-order chi connectivity index (χ0) is 11.1. The largest absolute Gasteiger partial charge is 0.292 e. The summed E-state index contributed by atoms with van der Waals surface area (Å²) in [7, 11) is 0. The van der Waals surface area contributed by atoms with E-state index in [1.807, 2.05) is 24.3 Å². The summed E-state index contributed by atoms with van der Waals surface area (Å²) in [5, 5.41) is 0. The molecule has 0 saturated carbocycles. The molecule has 2 rings (SSSR count). The predicted molar refractivity (Wildman–Crippen MR) is 72.3 cm³/mol. The molecule has 1 aromatic rings. The summed E-state index contributed by atoms with van der Waals surface area (Å²) in [4.78, 5) is 12.4. The summed E-state index contributed by atoms with van der Waals surface area (Å²) in [6, 6.07) is 7.76. The molecular formula is C11H9Br3O. The Morgan fingerprint density at radius 2 is 1.93 bits per heavy atom. The Labute approximate surface area is 114 Å². The fraction of sp³-hybridized carbons (Fsp3) is 0.364. The van der Waals surface area contributed by atoms with E-state index >= 15 is 0 Å². The number of Topliss-reactive ketones (excluding diaryl/α,β-unsaturated/α-hetero) is 1. The van der Waals surface area contributed by atoms with Crippen molar-refractivity contribution in [1.29, 1.82) is 0 Å². The first-order valence-corrected chi connectivity index (χ1v) is 7.18. The van der Waals surface area contributed by atoms with E-state index in [1.54, 1.807) is 0 Å². The number of carbonyl (C=O) groups excluding carboxylic acids is 1. The molecule has 0 spiro atoms. The van der Waals surface area contributed by atoms with Crippen LogP contribution in [0.25, 0.3) is 0 Å². The van der Waals surface area contributed by atoms with Crippen molar-refractivity contribution in [3.05, 3.63) is 35.4 Å². The highest BCUT2D eigenvalue weighted by Gasteiger charge is 2.38. The van der Waals surface area contributed by atoms with Gasteiger partial charge in [-0.1, -0.05) is 72.1 Å². The van der Waals surface area contributed by atoms with Gasteiger partial charge in [0.1, 0.15) is 3.23 Å². The van der Waals surface area contributed by atoms with Gasteiger partial charge in [-0.15, -0.1) is 0 Å². The second kappa shape index (κ2) is 4.30. The molecule has 0 saturated heterocycles. The Bertz CT molecular complexity index is 401. The van der Waals surface area contributed by atoms with Crippen molar-refractivity contribution in [3.63, 3.8) is 0 Å². The molecule has 0 radical (unpaired) electrons. The van der Waals surface area contributed by atoms with Crippen LogP contribution in [-0.2, 0) is 0 Å². The minimum atomic E-state index is -0.599. The van der Waals surface area contributed by atoms with Gasteiger partial charge in [0, 0.05) is 10.4 Å². The predicted octanol–water partition coefficient (Wildman–Crippen LogP) is 4.59. The van der Waals surface area contributed by atoms with Crippen LogP contribution in [-0.4, -0.2) is 9.02 Å². The van der Waals surface area contributed by atoms with Crippen molar-refractivity contribution in [2.75, 3.05) is 0 Å². The van der Waals surface area contributed by atoms with E-state index in [0.29, 0.717) is 0 Å². The quantitative estimate of drug-likeness (QED) is 0.463. The number of rotatable bonds is 0. The van der Waals surface area contributed by atoms with Crippen LogP contribution in [0.1, 0.15) is 33.6 Å². The van der Waals surface area contributed by atoms with E-state index in [1.165, 1.54) is 0 Å². The third-order valence-corrected chi connectivity index (χ3v) is 5.05. The summed E-state index contributed by atoms with van der Waals surface area (Å²) < 4.78 is -0.599. The molecule has 1 unspecified atom stereocenters. The van der Waals surface area contributed by atoms with Crippen LogP contribution in [0.15, 0.2) is 24.3 Å². The molecule has 15 heavy (non-hydrogen) atoms. The number of ketones is 1. The van der Waals surface area contributed by atoms with Crippen LogP contribution in [0.5, 0.6) is 0 Å². The molecule has 1 nitrogen and oxygen atoms in total. The lowest BCUT2D eigenvalue weighted by Gasteiger charge is -2.15. The number of alkyl halides is 3. The maximum absolute atomic E-state index is 12.2. The van der Waals surface area contributed by atoms with E-state index in [9.17, 15) is 4.79 Å². The van der Waals surface area contributed by atoms with E-state index in [2.05, 4.69) is 47.8 Å². The first kappa shape index (κ1) is 11.8. The number of fused-ring (bicyclic) bond motifs is 1. The van der Waals surface area contributed by atoms with E-state index < -0.39 is 3.23 Å². The Morgan fingerprint density at radius 3 is 2.67 bits per heavy atom. The van der Waals surface area contributed by atoms with Crippen LogP contribution in [0.3, 0.4) is 0 Å². The van der Waals surface area contributed by atoms with Gasteiger partial charge >= 0.3 is 0 Å². The molecule has 80 valence electrons. The molecule has 0 aliphatic heterocycles. The normalized spacial score (nSPS) is 24.5. The summed E-state index contributed by atoms with van der Waals surface area (Å²) in [6.07, 6.45) is 1.70. The third-order valence-electron chi connectivity index (χ3n) is 2.59. The number of halogens is 3. The zero-order valence-corrected chi connectivity index (χ0v) is 12.6. The molecule has 1 atom stereocenters. The lowest BCUT2D eigenvalue weighted by molar-refractivity contribution is 0.0982. The van der Waals surface area contributed by atoms with Gasteiger partial charge in [-0.2, -0.15) is 0 Å². The number of hydrogen-bond acceptors (Lipinski definition) is 1. The van der Waals surface area contributed by atoms with Gasteiger partial charge in [-0.25, -0.2) is 0 Å². The highest BCUT2D eigenvalue weighted by molar-refractivity contribution is 9.26. The Morgan fingerprint density at radius 1 is 1.27 bits per heavy atom. The molecule has 1 aliphatic carbocycles. The van der Waals surface area contributed by atoms with Gasteiger partial charge in [0.25, 0.3) is 0 Å². The second-order valence-electron chi connectivity index (χ2n) is 3.63. The van der Waals surface area contributed by atoms with Gasteiger partial charge < -0.3 is 0 Å². The van der Waals surface area contributed by atoms with Gasteiger partial charge in [0.2, 0.25) is 0 Å². The summed E-state index contributed by atoms with van der Waals surface area (Å²) in [6.45, 7) is 0. The van der Waals surface area contributed by atoms with Crippen LogP contribution in [0.4, 0.5) is 0 Å². The lowest BCUT2D eigenvalue weighted by atomic mass is 10.0. The Balaban J connectivity index is 2.56. The van der Waals surface area contributed by atoms with Gasteiger partial charge in [0.05, 0.1) is 0 Å². The molecule has 0 bridgehead atoms. The zero-order valence-electron chi connectivity index (χ0n) is 7.84. The maximum atomic E-state index is 12.2. The topological polar surface area (TPSA) is 17.1 Å². The molecule has 0 fully saturated rings. The van der Waals surface area contributed by atoms with E-state index in [4.69, 9.17) is 0 Å². The third kappa shape index (κ3) is 2.22. The fourth-order valence-corrected chi connectivity index (χ4v) is 3.26. The monoisotopic (exact) mass is 394 g/mol. The van der Waals surface area contributed by atoms with Gasteiger partial charge in [-0.05, 0) is 18.4 Å². The van der Waals surface area contributed by atoms with Gasteiger partial charge in [-0.3, -0.25) is 4.79 Å². The first-order valence-electron chi connectivity index (χ1n) is 4.68. The van der Waals surface area contributed by atoms with Crippen molar-refractivity contribution in [1.82, 2.24) is 0 Å². The van der Waals surface area contributed by atoms with E-state index in [0.717, 1.165) is 24.0 Å². The molecule has 0 N–H and O–H groups in total. The number of benzene rings is 1. The van der Waals surface area contributed by atoms with Crippen LogP contribution < -0.4 is 0 Å². The molecule has 4 heteroatoms. The smallest absolute Gasteiger partial charge is 0.190 e. The van der Waals surface area contributed by atoms with Gasteiger partial charge in [0.15, 0.2) is 5.78 Å². The molecule has 0 amide bonds. The van der Waals surface area contributed by atoms with Crippen LogP contribution in [0.2, 0.25) is 0 Å². The fourth-order valence-electron chi connectivity index (χ4n) is 1.75. The van der Waals surface area contributed by atoms with Crippen molar-refractivity contribution in [2.24, 2.45) is 0 Å². The summed E-state index contributed by atoms with van der Waals surface area (Å²) in [5.41, 5.74) is 1.88. The molecule has 1 aromatic carbocycles. The average Bonchev–Trinajstić information content (AvgIpc) is 2.31. The van der Waals surface area contributed by atoms with Crippen LogP contribution >= 0.6 is 47.8 Å². The SMILES string of the molecule is O=C1c2ccccc2C(Br)CCC1(Br)Br. The highest BCUT2D eigenvalue weighted by atomic mass is 79.9. The van der Waals surface area contributed by atoms with Crippen molar-refractivity contribution in [3.8, 4) is 0 Å². The van der Waals surface area contributed by atoms with Crippen molar-refractivity contribution >= 4 is 53.6 Å². The van der Waals surface area contributed by atoms with Crippen molar-refractivity contribution in [2.45, 2.75) is 20.9 Å². The summed E-state index contributed by atoms with van der Waals surface area (Å²) in [5.74, 6) is 0.111. The molecule has 1 aliphatic rings. The van der Waals surface area contributed by atoms with E-state index in [-0.39, 0.29) is 10.6 Å². The first-order chi connectivity index (χ1) is 7.02. The second-order valence-corrected chi connectivity index (χ2v) is 8.50. The molecular weight excluding hydrogens is 388 g/mol. The average molecular weight is 397 g/mol. The number of hydrogen-bond donors (Lipinski definition) is 0. The minimum Gasteiger partial charge on any atom is -0.292 e. The minimum absolute atomic E-state index is 0.111. The standard InChI is InChI=1S/C11H9Br3O/c12-9-5-6-11(13,14)10(15)8-4-2-1-3-7(8)9/h1-4,9H,5-6H2. The van der Waals surface area contributed by atoms with Crippen molar-refractivity contribution < 1.29 is 4.79 Å². The molecule has 0 heterocycles.